The molecule has 3 nitrogen and oxygen atoms in total. The molecule has 55 valence electrons. The van der Waals surface area contributed by atoms with Gasteiger partial charge in [-0.1, -0.05) is 0 Å². The molecule has 1 aliphatic heterocycles. The number of phenols is 1. The molecule has 1 heterocycles. The van der Waals surface area contributed by atoms with Crippen molar-refractivity contribution in [2.45, 2.75) is 0 Å². The Morgan fingerprint density at radius 2 is 2.18 bits per heavy atom. The Kier molecular flexibility index (Phi) is 1.22. The molecule has 0 aliphatic carbocycles. The van der Waals surface area contributed by atoms with Crippen molar-refractivity contribution in [2.75, 3.05) is 0 Å². The van der Waals surface area contributed by atoms with Gasteiger partial charge in [0.25, 0.3) is 0 Å². The summed E-state index contributed by atoms with van der Waals surface area (Å²) in [6.07, 6.45) is 3.72. The molecule has 2 rings (SSSR count). The lowest BCUT2D eigenvalue weighted by Gasteiger charge is -2.10. The minimum Gasteiger partial charge on any atom is -0.508 e. The maximum Gasteiger partial charge on any atom is 0.208 e. The standard InChI is InChI=1S/C8H5O3/c9-6-1-2-7-8(5-6)11-4-3-10-7/h1-2,4-5,9H. The third-order valence-electron chi connectivity index (χ3n) is 1.33. The summed E-state index contributed by atoms with van der Waals surface area (Å²) in [5.74, 6) is 1.22. The molecule has 0 spiro atoms. The Morgan fingerprint density at radius 1 is 1.27 bits per heavy atom. The summed E-state index contributed by atoms with van der Waals surface area (Å²) < 4.78 is 9.92. The van der Waals surface area contributed by atoms with Gasteiger partial charge in [0.05, 0.1) is 0 Å². The van der Waals surface area contributed by atoms with E-state index >= 15 is 0 Å². The van der Waals surface area contributed by atoms with Gasteiger partial charge in [-0.3, -0.25) is 0 Å². The zero-order chi connectivity index (χ0) is 7.68. The molecule has 1 radical (unpaired) electrons. The van der Waals surface area contributed by atoms with Crippen LogP contribution in [0.4, 0.5) is 0 Å². The molecular weight excluding hydrogens is 144 g/mol. The highest BCUT2D eigenvalue weighted by molar-refractivity contribution is 5.46. The first-order valence-electron chi connectivity index (χ1n) is 3.10. The first-order valence-corrected chi connectivity index (χ1v) is 3.10. The van der Waals surface area contributed by atoms with E-state index < -0.39 is 0 Å². The van der Waals surface area contributed by atoms with Crippen LogP contribution in [0.5, 0.6) is 17.2 Å². The normalized spacial score (nSPS) is 13.1. The minimum atomic E-state index is 0.155. The van der Waals surface area contributed by atoms with E-state index in [1.807, 2.05) is 0 Å². The predicted octanol–water partition coefficient (Wildman–Crippen LogP) is 1.44. The van der Waals surface area contributed by atoms with Crippen molar-refractivity contribution in [1.29, 1.82) is 0 Å². The van der Waals surface area contributed by atoms with Gasteiger partial charge < -0.3 is 14.6 Å². The van der Waals surface area contributed by atoms with Gasteiger partial charge in [-0.05, 0) is 12.1 Å². The van der Waals surface area contributed by atoms with Crippen molar-refractivity contribution in [3.05, 3.63) is 30.7 Å². The van der Waals surface area contributed by atoms with E-state index in [0.29, 0.717) is 11.5 Å². The second-order valence-corrected chi connectivity index (χ2v) is 2.09. The fourth-order valence-corrected chi connectivity index (χ4v) is 0.848. The Labute approximate surface area is 63.5 Å². The van der Waals surface area contributed by atoms with Crippen LogP contribution in [0.25, 0.3) is 0 Å². The summed E-state index contributed by atoms with van der Waals surface area (Å²) in [4.78, 5) is 0. The Bertz CT molecular complexity index is 304. The number of hydrogen-bond donors (Lipinski definition) is 1. The molecule has 0 unspecified atom stereocenters. The molecule has 1 aromatic rings. The van der Waals surface area contributed by atoms with E-state index in [2.05, 4.69) is 6.26 Å². The van der Waals surface area contributed by atoms with E-state index in [4.69, 9.17) is 14.6 Å². The van der Waals surface area contributed by atoms with E-state index in [-0.39, 0.29) is 5.75 Å². The third-order valence-corrected chi connectivity index (χ3v) is 1.33. The maximum absolute atomic E-state index is 9.02. The maximum atomic E-state index is 9.02. The van der Waals surface area contributed by atoms with Crippen LogP contribution in [-0.2, 0) is 0 Å². The number of aromatic hydroxyl groups is 1. The molecule has 0 amide bonds. The second-order valence-electron chi connectivity index (χ2n) is 2.09. The Hall–Kier alpha value is -1.64. The number of hydrogen-bond acceptors (Lipinski definition) is 3. The second kappa shape index (κ2) is 2.20. The number of rotatable bonds is 0. The lowest BCUT2D eigenvalue weighted by molar-refractivity contribution is 0.340. The van der Waals surface area contributed by atoms with Crippen molar-refractivity contribution in [3.63, 3.8) is 0 Å². The van der Waals surface area contributed by atoms with Crippen LogP contribution in [0.15, 0.2) is 24.5 Å². The summed E-state index contributed by atoms with van der Waals surface area (Å²) in [7, 11) is 0. The number of benzene rings is 1. The zero-order valence-corrected chi connectivity index (χ0v) is 5.57. The molecule has 1 aromatic carbocycles. The Balaban J connectivity index is 2.48. The van der Waals surface area contributed by atoms with Crippen LogP contribution in [-0.4, -0.2) is 5.11 Å². The molecule has 0 saturated carbocycles. The lowest BCUT2D eigenvalue weighted by Crippen LogP contribution is -1.95. The van der Waals surface area contributed by atoms with Gasteiger partial charge in [-0.25, -0.2) is 0 Å². The quantitative estimate of drug-likeness (QED) is 0.606. The van der Waals surface area contributed by atoms with Crippen LogP contribution in [0, 0.1) is 6.26 Å². The van der Waals surface area contributed by atoms with E-state index in [9.17, 15) is 0 Å². The SMILES string of the molecule is Oc1ccc2c(c1)OC=[C]O2. The molecule has 0 saturated heterocycles. The molecule has 0 atom stereocenters. The fourth-order valence-electron chi connectivity index (χ4n) is 0.848. The van der Waals surface area contributed by atoms with Gasteiger partial charge in [-0.2, -0.15) is 0 Å². The molecule has 1 aliphatic rings. The molecule has 0 fully saturated rings. The molecular formula is C8H5O3. The van der Waals surface area contributed by atoms with Crippen LogP contribution >= 0.6 is 0 Å². The lowest BCUT2D eigenvalue weighted by atomic mass is 10.3. The van der Waals surface area contributed by atoms with Gasteiger partial charge in [0, 0.05) is 6.07 Å². The average Bonchev–Trinajstić information content (AvgIpc) is 2.04. The van der Waals surface area contributed by atoms with Crippen molar-refractivity contribution in [1.82, 2.24) is 0 Å². The van der Waals surface area contributed by atoms with E-state index in [0.717, 1.165) is 0 Å². The first kappa shape index (κ1) is 6.09. The van der Waals surface area contributed by atoms with E-state index in [1.54, 1.807) is 6.07 Å². The highest BCUT2D eigenvalue weighted by atomic mass is 16.5. The predicted molar refractivity (Wildman–Crippen MR) is 37.2 cm³/mol. The van der Waals surface area contributed by atoms with E-state index in [1.165, 1.54) is 18.4 Å². The minimum absolute atomic E-state index is 0.155. The van der Waals surface area contributed by atoms with Gasteiger partial charge in [0.2, 0.25) is 6.26 Å². The van der Waals surface area contributed by atoms with Crippen molar-refractivity contribution < 1.29 is 14.6 Å². The summed E-state index contributed by atoms with van der Waals surface area (Å²) in [6, 6.07) is 4.62. The van der Waals surface area contributed by atoms with Gasteiger partial charge in [0.1, 0.15) is 12.0 Å². The highest BCUT2D eigenvalue weighted by Gasteiger charge is 2.07. The van der Waals surface area contributed by atoms with Crippen LogP contribution in [0.2, 0.25) is 0 Å². The molecule has 0 bridgehead atoms. The van der Waals surface area contributed by atoms with Gasteiger partial charge >= 0.3 is 0 Å². The summed E-state index contributed by atoms with van der Waals surface area (Å²) >= 11 is 0. The van der Waals surface area contributed by atoms with Gasteiger partial charge in [0.15, 0.2) is 11.5 Å². The summed E-state index contributed by atoms with van der Waals surface area (Å²) in [6.45, 7) is 0. The van der Waals surface area contributed by atoms with Crippen molar-refractivity contribution in [2.24, 2.45) is 0 Å². The van der Waals surface area contributed by atoms with Crippen LogP contribution < -0.4 is 9.47 Å². The highest BCUT2D eigenvalue weighted by Crippen LogP contribution is 2.32. The third kappa shape index (κ3) is 1.00. The van der Waals surface area contributed by atoms with Crippen LogP contribution in [0.1, 0.15) is 0 Å². The topological polar surface area (TPSA) is 38.7 Å². The first-order chi connectivity index (χ1) is 5.36. The Morgan fingerprint density at radius 3 is 3.09 bits per heavy atom. The summed E-state index contributed by atoms with van der Waals surface area (Å²) in [5.41, 5.74) is 0. The molecule has 0 aromatic heterocycles. The zero-order valence-electron chi connectivity index (χ0n) is 5.57. The number of phenolic OH excluding ortho intramolecular Hbond substituents is 1. The van der Waals surface area contributed by atoms with Crippen molar-refractivity contribution >= 4 is 0 Å². The van der Waals surface area contributed by atoms with Crippen LogP contribution in [0.3, 0.4) is 0 Å². The molecule has 1 N–H and O–H groups in total. The van der Waals surface area contributed by atoms with Crippen molar-refractivity contribution in [3.8, 4) is 17.2 Å². The fraction of sp³-hybridized carbons (Fsp3) is 0. The number of ether oxygens (including phenoxy) is 2. The molecule has 11 heavy (non-hydrogen) atoms. The summed E-state index contributed by atoms with van der Waals surface area (Å²) in [5, 5.41) is 9.02. The monoisotopic (exact) mass is 149 g/mol. The number of fused-ring (bicyclic) bond motifs is 1. The van der Waals surface area contributed by atoms with Gasteiger partial charge in [-0.15, -0.1) is 0 Å². The largest absolute Gasteiger partial charge is 0.508 e. The molecule has 3 heteroatoms. The smallest absolute Gasteiger partial charge is 0.208 e. The average molecular weight is 149 g/mol.